The van der Waals surface area contributed by atoms with Gasteiger partial charge in [0.2, 0.25) is 0 Å². The molecule has 1 atom stereocenters. The Kier molecular flexibility index (Phi) is 3.87. The van der Waals surface area contributed by atoms with Crippen LogP contribution in [-0.2, 0) is 5.54 Å². The normalized spacial score (nSPS) is 13.2. The topological polar surface area (TPSA) is 46.2 Å². The van der Waals surface area contributed by atoms with E-state index < -0.39 is 5.54 Å². The van der Waals surface area contributed by atoms with Crippen LogP contribution in [-0.4, -0.2) is 5.11 Å². The summed E-state index contributed by atoms with van der Waals surface area (Å²) in [6.07, 6.45) is 0. The number of phenolic OH excluding ortho intramolecular Hbond substituents is 1. The highest BCUT2D eigenvalue weighted by atomic mass is 16.3. The average Bonchev–Trinajstić information content (AvgIpc) is 2.40. The van der Waals surface area contributed by atoms with Gasteiger partial charge in [0.1, 0.15) is 5.75 Å². The van der Waals surface area contributed by atoms with Crippen LogP contribution in [0, 0.1) is 6.92 Å². The van der Waals surface area contributed by atoms with Crippen molar-refractivity contribution in [3.05, 3.63) is 64.7 Å². The summed E-state index contributed by atoms with van der Waals surface area (Å²) in [5.74, 6) is 0.506. The maximum Gasteiger partial charge on any atom is 0.122 e. The average molecular weight is 269 g/mol. The first-order valence-corrected chi connectivity index (χ1v) is 6.98. The number of rotatable bonds is 3. The van der Waals surface area contributed by atoms with Crippen LogP contribution < -0.4 is 5.73 Å². The molecule has 2 rings (SSSR count). The molecule has 0 saturated carbocycles. The molecule has 2 aromatic carbocycles. The minimum atomic E-state index is -0.413. The van der Waals surface area contributed by atoms with E-state index in [1.807, 2.05) is 51.1 Å². The standard InChI is InChI=1S/C18H23NO/c1-12-10-15(18(3,4)19)11-16(17(12)20)13(2)14-8-6-5-7-9-14/h5-11,13,20H,19H2,1-4H3. The highest BCUT2D eigenvalue weighted by molar-refractivity contribution is 5.49. The van der Waals surface area contributed by atoms with Gasteiger partial charge >= 0.3 is 0 Å². The lowest BCUT2D eigenvalue weighted by Crippen LogP contribution is -2.29. The number of nitrogens with two attached hydrogens (primary N) is 1. The van der Waals surface area contributed by atoms with Crippen molar-refractivity contribution in [2.24, 2.45) is 5.73 Å². The van der Waals surface area contributed by atoms with Gasteiger partial charge in [0.05, 0.1) is 0 Å². The monoisotopic (exact) mass is 269 g/mol. The summed E-state index contributed by atoms with van der Waals surface area (Å²) in [6, 6.07) is 14.2. The van der Waals surface area contributed by atoms with E-state index in [4.69, 9.17) is 5.73 Å². The van der Waals surface area contributed by atoms with E-state index in [1.165, 1.54) is 5.56 Å². The zero-order valence-corrected chi connectivity index (χ0v) is 12.6. The Hall–Kier alpha value is -1.80. The van der Waals surface area contributed by atoms with E-state index in [0.717, 1.165) is 16.7 Å². The number of phenols is 1. The molecule has 20 heavy (non-hydrogen) atoms. The van der Waals surface area contributed by atoms with Gasteiger partial charge in [-0.2, -0.15) is 0 Å². The molecule has 2 nitrogen and oxygen atoms in total. The van der Waals surface area contributed by atoms with Gasteiger partial charge in [-0.25, -0.2) is 0 Å². The second-order valence-electron chi connectivity index (χ2n) is 6.09. The van der Waals surface area contributed by atoms with Gasteiger partial charge in [-0.3, -0.25) is 0 Å². The third-order valence-electron chi connectivity index (χ3n) is 3.84. The van der Waals surface area contributed by atoms with Gasteiger partial charge < -0.3 is 10.8 Å². The fourth-order valence-corrected chi connectivity index (χ4v) is 2.43. The van der Waals surface area contributed by atoms with Crippen LogP contribution in [0.4, 0.5) is 0 Å². The van der Waals surface area contributed by atoms with Gasteiger partial charge in [-0.1, -0.05) is 43.3 Å². The fraction of sp³-hybridized carbons (Fsp3) is 0.333. The Morgan fingerprint density at radius 1 is 1.10 bits per heavy atom. The Morgan fingerprint density at radius 2 is 1.70 bits per heavy atom. The predicted molar refractivity (Wildman–Crippen MR) is 84.0 cm³/mol. The number of benzene rings is 2. The third kappa shape index (κ3) is 2.86. The van der Waals surface area contributed by atoms with Crippen LogP contribution in [0.15, 0.2) is 42.5 Å². The lowest BCUT2D eigenvalue weighted by atomic mass is 9.85. The van der Waals surface area contributed by atoms with E-state index in [9.17, 15) is 5.11 Å². The summed E-state index contributed by atoms with van der Waals surface area (Å²) in [5.41, 5.74) is 9.83. The van der Waals surface area contributed by atoms with E-state index in [1.54, 1.807) is 0 Å². The fourth-order valence-electron chi connectivity index (χ4n) is 2.43. The van der Waals surface area contributed by atoms with Gasteiger partial charge in [-0.05, 0) is 43.5 Å². The molecule has 2 aromatic rings. The van der Waals surface area contributed by atoms with Gasteiger partial charge in [0, 0.05) is 17.0 Å². The van der Waals surface area contributed by atoms with E-state index >= 15 is 0 Å². The summed E-state index contributed by atoms with van der Waals surface area (Å²) in [6.45, 7) is 7.99. The first-order chi connectivity index (χ1) is 9.30. The molecule has 0 fully saturated rings. The van der Waals surface area contributed by atoms with Crippen LogP contribution in [0.1, 0.15) is 48.9 Å². The molecule has 0 aliphatic carbocycles. The molecule has 2 heteroatoms. The molecule has 0 aliphatic rings. The second kappa shape index (κ2) is 5.29. The molecule has 0 radical (unpaired) electrons. The Labute approximate surface area is 121 Å². The lowest BCUT2D eigenvalue weighted by molar-refractivity contribution is 0.459. The molecule has 106 valence electrons. The second-order valence-corrected chi connectivity index (χ2v) is 6.09. The van der Waals surface area contributed by atoms with Crippen LogP contribution in [0.3, 0.4) is 0 Å². The molecule has 3 N–H and O–H groups in total. The molecule has 0 aliphatic heterocycles. The Bertz CT molecular complexity index is 597. The minimum Gasteiger partial charge on any atom is -0.507 e. The van der Waals surface area contributed by atoms with Crippen molar-refractivity contribution < 1.29 is 5.11 Å². The summed E-state index contributed by atoms with van der Waals surface area (Å²) in [4.78, 5) is 0. The maximum atomic E-state index is 10.4. The van der Waals surface area contributed by atoms with Crippen LogP contribution in [0.25, 0.3) is 0 Å². The van der Waals surface area contributed by atoms with Crippen molar-refractivity contribution in [3.8, 4) is 5.75 Å². The zero-order chi connectivity index (χ0) is 14.9. The first kappa shape index (κ1) is 14.6. The number of hydrogen-bond acceptors (Lipinski definition) is 2. The molecule has 0 bridgehead atoms. The molecular weight excluding hydrogens is 246 g/mol. The zero-order valence-electron chi connectivity index (χ0n) is 12.6. The van der Waals surface area contributed by atoms with E-state index in [2.05, 4.69) is 19.1 Å². The van der Waals surface area contributed by atoms with Gasteiger partial charge in [0.15, 0.2) is 0 Å². The molecule has 1 unspecified atom stereocenters. The Morgan fingerprint density at radius 3 is 2.25 bits per heavy atom. The number of hydrogen-bond donors (Lipinski definition) is 2. The molecular formula is C18H23NO. The Balaban J connectivity index is 2.54. The van der Waals surface area contributed by atoms with Crippen molar-refractivity contribution in [2.45, 2.75) is 39.2 Å². The summed E-state index contributed by atoms with van der Waals surface area (Å²) in [5, 5.41) is 10.4. The first-order valence-electron chi connectivity index (χ1n) is 6.98. The van der Waals surface area contributed by atoms with Crippen molar-refractivity contribution in [1.29, 1.82) is 0 Å². The third-order valence-corrected chi connectivity index (χ3v) is 3.84. The van der Waals surface area contributed by atoms with Crippen molar-refractivity contribution in [1.82, 2.24) is 0 Å². The number of aromatic hydroxyl groups is 1. The van der Waals surface area contributed by atoms with Crippen molar-refractivity contribution in [2.75, 3.05) is 0 Å². The predicted octanol–water partition coefficient (Wildman–Crippen LogP) is 4.05. The smallest absolute Gasteiger partial charge is 0.122 e. The highest BCUT2D eigenvalue weighted by Crippen LogP contribution is 2.36. The summed E-state index contributed by atoms with van der Waals surface area (Å²) in [7, 11) is 0. The van der Waals surface area contributed by atoms with Crippen LogP contribution in [0.2, 0.25) is 0 Å². The number of aryl methyl sites for hydroxylation is 1. The summed E-state index contributed by atoms with van der Waals surface area (Å²) >= 11 is 0. The quantitative estimate of drug-likeness (QED) is 0.883. The molecule has 0 spiro atoms. The van der Waals surface area contributed by atoms with Crippen molar-refractivity contribution >= 4 is 0 Å². The van der Waals surface area contributed by atoms with Crippen molar-refractivity contribution in [3.63, 3.8) is 0 Å². The molecule has 0 amide bonds. The molecule has 0 saturated heterocycles. The summed E-state index contributed by atoms with van der Waals surface area (Å²) < 4.78 is 0. The molecule has 0 aromatic heterocycles. The van der Waals surface area contributed by atoms with Crippen LogP contribution >= 0.6 is 0 Å². The van der Waals surface area contributed by atoms with Gasteiger partial charge in [-0.15, -0.1) is 0 Å². The van der Waals surface area contributed by atoms with E-state index in [-0.39, 0.29) is 5.92 Å². The maximum absolute atomic E-state index is 10.4. The van der Waals surface area contributed by atoms with Gasteiger partial charge in [0.25, 0.3) is 0 Å². The molecule has 0 heterocycles. The van der Waals surface area contributed by atoms with Crippen LogP contribution in [0.5, 0.6) is 5.75 Å². The minimum absolute atomic E-state index is 0.136. The largest absolute Gasteiger partial charge is 0.507 e. The van der Waals surface area contributed by atoms with E-state index in [0.29, 0.717) is 5.75 Å². The lowest BCUT2D eigenvalue weighted by Gasteiger charge is -2.24. The SMILES string of the molecule is Cc1cc(C(C)(C)N)cc(C(C)c2ccccc2)c1O. The highest BCUT2D eigenvalue weighted by Gasteiger charge is 2.20.